The van der Waals surface area contributed by atoms with Crippen molar-refractivity contribution >= 4 is 5.76 Å². The van der Waals surface area contributed by atoms with Crippen molar-refractivity contribution in [2.45, 2.75) is 6.42 Å². The second-order valence-corrected chi connectivity index (χ2v) is 2.18. The summed E-state index contributed by atoms with van der Waals surface area (Å²) in [5.41, 5.74) is 0. The van der Waals surface area contributed by atoms with Gasteiger partial charge in [0, 0.05) is 6.42 Å². The van der Waals surface area contributed by atoms with E-state index in [0.717, 1.165) is 24.5 Å². The lowest BCUT2D eigenvalue weighted by Crippen LogP contribution is -1.81. The molecular formula is C8H8O2. The Bertz CT molecular complexity index is 234. The molecular weight excluding hydrogens is 128 g/mol. The van der Waals surface area contributed by atoms with Crippen molar-refractivity contribution in [1.29, 1.82) is 0 Å². The number of hydrogen-bond acceptors (Lipinski definition) is 2. The lowest BCUT2D eigenvalue weighted by atomic mass is 10.3. The Kier molecular flexibility index (Phi) is 1.24. The molecule has 0 atom stereocenters. The van der Waals surface area contributed by atoms with E-state index in [-0.39, 0.29) is 0 Å². The summed E-state index contributed by atoms with van der Waals surface area (Å²) in [5.74, 6) is 1.71. The van der Waals surface area contributed by atoms with E-state index in [2.05, 4.69) is 0 Å². The molecule has 10 heavy (non-hydrogen) atoms. The molecule has 1 aromatic rings. The first-order valence-electron chi connectivity index (χ1n) is 3.33. The van der Waals surface area contributed by atoms with E-state index < -0.39 is 0 Å². The third-order valence-electron chi connectivity index (χ3n) is 1.47. The molecule has 52 valence electrons. The van der Waals surface area contributed by atoms with Crippen molar-refractivity contribution in [3.63, 3.8) is 0 Å². The lowest BCUT2D eigenvalue weighted by Gasteiger charge is -1.96. The normalized spacial score (nSPS) is 16.6. The third kappa shape index (κ3) is 0.817. The summed E-state index contributed by atoms with van der Waals surface area (Å²) in [6, 6.07) is 3.76. The van der Waals surface area contributed by atoms with Gasteiger partial charge in [-0.3, -0.25) is 0 Å². The molecule has 0 spiro atoms. The van der Waals surface area contributed by atoms with Crippen LogP contribution >= 0.6 is 0 Å². The highest BCUT2D eigenvalue weighted by Crippen LogP contribution is 2.21. The van der Waals surface area contributed by atoms with Crippen LogP contribution in [-0.2, 0) is 4.74 Å². The van der Waals surface area contributed by atoms with Crippen LogP contribution in [0.25, 0.3) is 5.76 Å². The average molecular weight is 136 g/mol. The second-order valence-electron chi connectivity index (χ2n) is 2.18. The summed E-state index contributed by atoms with van der Waals surface area (Å²) in [5, 5.41) is 0. The molecule has 0 aromatic carbocycles. The SMILES string of the molecule is C1=C(c2ccco2)OCC1. The van der Waals surface area contributed by atoms with E-state index in [1.165, 1.54) is 0 Å². The summed E-state index contributed by atoms with van der Waals surface area (Å²) in [4.78, 5) is 0. The fraction of sp³-hybridized carbons (Fsp3) is 0.250. The maximum absolute atomic E-state index is 5.26. The Hall–Kier alpha value is -1.18. The zero-order valence-electron chi connectivity index (χ0n) is 5.54. The van der Waals surface area contributed by atoms with Gasteiger partial charge < -0.3 is 9.15 Å². The molecule has 2 heterocycles. The fourth-order valence-corrected chi connectivity index (χ4v) is 1.01. The molecule has 0 unspecified atom stereocenters. The topological polar surface area (TPSA) is 22.4 Å². The van der Waals surface area contributed by atoms with E-state index in [1.807, 2.05) is 18.2 Å². The lowest BCUT2D eigenvalue weighted by molar-refractivity contribution is 0.297. The Balaban J connectivity index is 2.28. The maximum Gasteiger partial charge on any atom is 0.168 e. The van der Waals surface area contributed by atoms with Crippen LogP contribution in [0.2, 0.25) is 0 Å². The van der Waals surface area contributed by atoms with Gasteiger partial charge in [-0.25, -0.2) is 0 Å². The van der Waals surface area contributed by atoms with Gasteiger partial charge >= 0.3 is 0 Å². The zero-order chi connectivity index (χ0) is 6.81. The number of ether oxygens (including phenoxy) is 1. The van der Waals surface area contributed by atoms with Gasteiger partial charge in [-0.05, 0) is 18.2 Å². The Morgan fingerprint density at radius 3 is 3.00 bits per heavy atom. The molecule has 1 aliphatic heterocycles. The molecule has 0 amide bonds. The smallest absolute Gasteiger partial charge is 0.168 e. The molecule has 2 nitrogen and oxygen atoms in total. The summed E-state index contributed by atoms with van der Waals surface area (Å²) < 4.78 is 10.4. The summed E-state index contributed by atoms with van der Waals surface area (Å²) in [6.45, 7) is 0.788. The Morgan fingerprint density at radius 2 is 2.40 bits per heavy atom. The van der Waals surface area contributed by atoms with Crippen LogP contribution in [0.1, 0.15) is 12.2 Å². The van der Waals surface area contributed by atoms with Crippen LogP contribution in [0.3, 0.4) is 0 Å². The van der Waals surface area contributed by atoms with Gasteiger partial charge in [-0.2, -0.15) is 0 Å². The van der Waals surface area contributed by atoms with Gasteiger partial charge in [-0.1, -0.05) is 0 Å². The van der Waals surface area contributed by atoms with Crippen LogP contribution in [0, 0.1) is 0 Å². The van der Waals surface area contributed by atoms with Gasteiger partial charge in [0.1, 0.15) is 0 Å². The highest BCUT2D eigenvalue weighted by atomic mass is 16.5. The molecule has 0 fully saturated rings. The van der Waals surface area contributed by atoms with Gasteiger partial charge in [0.2, 0.25) is 0 Å². The Labute approximate surface area is 59.1 Å². The maximum atomic E-state index is 5.26. The third-order valence-corrected chi connectivity index (χ3v) is 1.47. The van der Waals surface area contributed by atoms with E-state index in [4.69, 9.17) is 9.15 Å². The van der Waals surface area contributed by atoms with Crippen LogP contribution < -0.4 is 0 Å². The standard InChI is InChI=1S/C8H8O2/c1-3-7(9-5-1)8-4-2-6-10-8/h1,3-5H,2,6H2. The van der Waals surface area contributed by atoms with Gasteiger partial charge in [0.15, 0.2) is 11.5 Å². The molecule has 0 saturated heterocycles. The minimum absolute atomic E-state index is 0.788. The summed E-state index contributed by atoms with van der Waals surface area (Å²) in [7, 11) is 0. The van der Waals surface area contributed by atoms with E-state index in [9.17, 15) is 0 Å². The van der Waals surface area contributed by atoms with Gasteiger partial charge in [-0.15, -0.1) is 0 Å². The first-order valence-corrected chi connectivity index (χ1v) is 3.33. The largest absolute Gasteiger partial charge is 0.490 e. The van der Waals surface area contributed by atoms with Crippen LogP contribution in [0.15, 0.2) is 28.9 Å². The average Bonchev–Trinajstić information content (AvgIpc) is 2.59. The quantitative estimate of drug-likeness (QED) is 0.589. The predicted molar refractivity (Wildman–Crippen MR) is 37.3 cm³/mol. The minimum atomic E-state index is 0.788. The molecule has 2 rings (SSSR count). The van der Waals surface area contributed by atoms with E-state index in [1.54, 1.807) is 6.26 Å². The van der Waals surface area contributed by atoms with Crippen LogP contribution in [0.4, 0.5) is 0 Å². The molecule has 0 saturated carbocycles. The molecule has 2 heteroatoms. The summed E-state index contributed by atoms with van der Waals surface area (Å²) >= 11 is 0. The van der Waals surface area contributed by atoms with Gasteiger partial charge in [0.25, 0.3) is 0 Å². The van der Waals surface area contributed by atoms with Crippen molar-refractivity contribution in [3.05, 3.63) is 30.2 Å². The predicted octanol–water partition coefficient (Wildman–Crippen LogP) is 2.04. The van der Waals surface area contributed by atoms with Crippen molar-refractivity contribution < 1.29 is 9.15 Å². The van der Waals surface area contributed by atoms with E-state index >= 15 is 0 Å². The first kappa shape index (κ1) is 5.59. The summed E-state index contributed by atoms with van der Waals surface area (Å²) in [6.07, 6.45) is 4.69. The minimum Gasteiger partial charge on any atom is -0.490 e. The monoisotopic (exact) mass is 136 g/mol. The number of furan rings is 1. The zero-order valence-corrected chi connectivity index (χ0v) is 5.54. The van der Waals surface area contributed by atoms with Gasteiger partial charge in [0.05, 0.1) is 12.9 Å². The number of rotatable bonds is 1. The van der Waals surface area contributed by atoms with Crippen molar-refractivity contribution in [2.75, 3.05) is 6.61 Å². The van der Waals surface area contributed by atoms with Crippen molar-refractivity contribution in [1.82, 2.24) is 0 Å². The van der Waals surface area contributed by atoms with Crippen LogP contribution in [0.5, 0.6) is 0 Å². The first-order chi connectivity index (χ1) is 4.97. The molecule has 1 aliphatic rings. The fourth-order valence-electron chi connectivity index (χ4n) is 1.01. The van der Waals surface area contributed by atoms with Crippen molar-refractivity contribution in [2.24, 2.45) is 0 Å². The molecule has 0 radical (unpaired) electrons. The van der Waals surface area contributed by atoms with E-state index in [0.29, 0.717) is 0 Å². The van der Waals surface area contributed by atoms with Crippen molar-refractivity contribution in [3.8, 4) is 0 Å². The highest BCUT2D eigenvalue weighted by molar-refractivity contribution is 5.55. The molecule has 1 aromatic heterocycles. The highest BCUT2D eigenvalue weighted by Gasteiger charge is 2.09. The Morgan fingerprint density at radius 1 is 1.40 bits per heavy atom. The molecule has 0 aliphatic carbocycles. The molecule has 0 N–H and O–H groups in total. The van der Waals surface area contributed by atoms with Crippen LogP contribution in [-0.4, -0.2) is 6.61 Å². The number of hydrogen-bond donors (Lipinski definition) is 0. The molecule has 0 bridgehead atoms. The second kappa shape index (κ2) is 2.21.